The Balaban J connectivity index is 0.00000784. The Labute approximate surface area is 194 Å². The summed E-state index contributed by atoms with van der Waals surface area (Å²) in [6.45, 7) is 15.7. The van der Waals surface area contributed by atoms with Gasteiger partial charge in [-0.1, -0.05) is 26.0 Å². The van der Waals surface area contributed by atoms with Crippen molar-refractivity contribution < 1.29 is 9.47 Å². The first-order chi connectivity index (χ1) is 13.3. The van der Waals surface area contributed by atoms with Gasteiger partial charge in [0.05, 0.1) is 13.2 Å². The third kappa shape index (κ3) is 12.3. The number of halogens is 1. The minimum atomic E-state index is 0. The number of nitrogens with zero attached hydrogens (tertiary/aromatic N) is 2. The number of nitrogens with one attached hydrogen (secondary N) is 2. The van der Waals surface area contributed by atoms with Gasteiger partial charge in [-0.25, -0.2) is 4.99 Å². The van der Waals surface area contributed by atoms with Crippen molar-refractivity contribution in [2.24, 2.45) is 10.4 Å². The van der Waals surface area contributed by atoms with Crippen molar-refractivity contribution in [3.63, 3.8) is 0 Å². The van der Waals surface area contributed by atoms with Crippen LogP contribution in [0.15, 0.2) is 23.2 Å². The molecule has 1 aromatic rings. The summed E-state index contributed by atoms with van der Waals surface area (Å²) in [6, 6.07) is 6.26. The molecule has 0 unspecified atom stereocenters. The smallest absolute Gasteiger partial charge is 0.191 e. The normalized spacial score (nSPS) is 11.9. The van der Waals surface area contributed by atoms with Crippen molar-refractivity contribution in [2.75, 3.05) is 53.6 Å². The van der Waals surface area contributed by atoms with E-state index in [1.165, 1.54) is 5.56 Å². The van der Waals surface area contributed by atoms with Crippen molar-refractivity contribution in [3.8, 4) is 5.75 Å². The molecule has 0 saturated carbocycles. The molecular formula is C22H41IN4O2. The molecule has 0 amide bonds. The van der Waals surface area contributed by atoms with Crippen LogP contribution < -0.4 is 15.4 Å². The van der Waals surface area contributed by atoms with E-state index in [0.29, 0.717) is 26.4 Å². The molecule has 1 rings (SSSR count). The number of rotatable bonds is 12. The summed E-state index contributed by atoms with van der Waals surface area (Å²) < 4.78 is 11.3. The summed E-state index contributed by atoms with van der Waals surface area (Å²) >= 11 is 0. The fourth-order valence-corrected chi connectivity index (χ4v) is 3.02. The SMILES string of the molecule is CCNC(=NCc1ccc(C)cc1OCCOCC)NCC(C)(C)CN(C)C.I. The van der Waals surface area contributed by atoms with Gasteiger partial charge in [-0.05, 0) is 51.9 Å². The molecule has 0 spiro atoms. The molecule has 0 saturated heterocycles. The van der Waals surface area contributed by atoms with Crippen LogP contribution in [0.1, 0.15) is 38.8 Å². The molecule has 1 aromatic carbocycles. The number of benzene rings is 1. The Morgan fingerprint density at radius 3 is 2.48 bits per heavy atom. The summed E-state index contributed by atoms with van der Waals surface area (Å²) in [6.07, 6.45) is 0. The second kappa shape index (κ2) is 14.8. The van der Waals surface area contributed by atoms with E-state index in [2.05, 4.69) is 75.5 Å². The summed E-state index contributed by atoms with van der Waals surface area (Å²) in [5.74, 6) is 1.71. The van der Waals surface area contributed by atoms with Crippen LogP contribution in [0.3, 0.4) is 0 Å². The van der Waals surface area contributed by atoms with Gasteiger partial charge in [-0.3, -0.25) is 0 Å². The van der Waals surface area contributed by atoms with E-state index in [4.69, 9.17) is 14.5 Å². The summed E-state index contributed by atoms with van der Waals surface area (Å²) in [5.41, 5.74) is 2.40. The molecule has 0 radical (unpaired) electrons. The van der Waals surface area contributed by atoms with E-state index in [9.17, 15) is 0 Å². The van der Waals surface area contributed by atoms with Crippen molar-refractivity contribution in [2.45, 2.75) is 41.2 Å². The first-order valence-electron chi connectivity index (χ1n) is 10.2. The molecule has 0 atom stereocenters. The Morgan fingerprint density at radius 1 is 1.14 bits per heavy atom. The predicted molar refractivity (Wildman–Crippen MR) is 134 cm³/mol. The molecule has 2 N–H and O–H groups in total. The van der Waals surface area contributed by atoms with Gasteiger partial charge in [0, 0.05) is 31.8 Å². The molecule has 0 bridgehead atoms. The first-order valence-corrected chi connectivity index (χ1v) is 10.2. The Hall–Kier alpha value is -1.06. The molecule has 7 heteroatoms. The lowest BCUT2D eigenvalue weighted by atomic mass is 9.93. The minimum Gasteiger partial charge on any atom is -0.491 e. The van der Waals surface area contributed by atoms with Gasteiger partial charge >= 0.3 is 0 Å². The average Bonchev–Trinajstić information content (AvgIpc) is 2.61. The highest BCUT2D eigenvalue weighted by molar-refractivity contribution is 14.0. The maximum Gasteiger partial charge on any atom is 0.191 e. The van der Waals surface area contributed by atoms with Gasteiger partial charge in [-0.15, -0.1) is 24.0 Å². The molecular weight excluding hydrogens is 479 g/mol. The average molecular weight is 521 g/mol. The van der Waals surface area contributed by atoms with Crippen LogP contribution >= 0.6 is 24.0 Å². The first kappa shape index (κ1) is 27.9. The standard InChI is InChI=1S/C22H40N4O2.HI/c1-8-23-21(25-16-22(4,5)17-26(6)7)24-15-19-11-10-18(3)14-20(19)28-13-12-27-9-2;/h10-11,14H,8-9,12-13,15-17H2,1-7H3,(H2,23,24,25);1H. The van der Waals surface area contributed by atoms with Crippen LogP contribution in [0.4, 0.5) is 0 Å². The quantitative estimate of drug-likeness (QED) is 0.191. The van der Waals surface area contributed by atoms with E-state index < -0.39 is 0 Å². The highest BCUT2D eigenvalue weighted by atomic mass is 127. The largest absolute Gasteiger partial charge is 0.491 e. The van der Waals surface area contributed by atoms with Crippen LogP contribution in [0.5, 0.6) is 5.75 Å². The van der Waals surface area contributed by atoms with Crippen molar-refractivity contribution in [3.05, 3.63) is 29.3 Å². The topological polar surface area (TPSA) is 58.1 Å². The van der Waals surface area contributed by atoms with Gasteiger partial charge in [0.1, 0.15) is 12.4 Å². The number of aliphatic imine (C=N–C) groups is 1. The fraction of sp³-hybridized carbons (Fsp3) is 0.682. The van der Waals surface area contributed by atoms with Gasteiger partial charge in [0.15, 0.2) is 5.96 Å². The van der Waals surface area contributed by atoms with Crippen LogP contribution in [-0.4, -0.2) is 64.4 Å². The van der Waals surface area contributed by atoms with Gasteiger partial charge in [-0.2, -0.15) is 0 Å². The predicted octanol–water partition coefficient (Wildman–Crippen LogP) is 3.67. The van der Waals surface area contributed by atoms with E-state index in [0.717, 1.165) is 36.9 Å². The Kier molecular flexibility index (Phi) is 14.3. The Bertz CT molecular complexity index is 606. The third-order valence-electron chi connectivity index (χ3n) is 4.14. The lowest BCUT2D eigenvalue weighted by Crippen LogP contribution is -2.44. The molecule has 0 aliphatic heterocycles. The molecule has 0 heterocycles. The third-order valence-corrected chi connectivity index (χ3v) is 4.14. The van der Waals surface area contributed by atoms with E-state index in [-0.39, 0.29) is 29.4 Å². The van der Waals surface area contributed by atoms with Crippen LogP contribution in [0.2, 0.25) is 0 Å². The Morgan fingerprint density at radius 2 is 1.86 bits per heavy atom. The number of hydrogen-bond acceptors (Lipinski definition) is 4. The molecule has 168 valence electrons. The highest BCUT2D eigenvalue weighted by Gasteiger charge is 2.19. The van der Waals surface area contributed by atoms with Crippen LogP contribution in [0, 0.1) is 12.3 Å². The van der Waals surface area contributed by atoms with Crippen LogP contribution in [-0.2, 0) is 11.3 Å². The van der Waals surface area contributed by atoms with E-state index in [1.54, 1.807) is 0 Å². The highest BCUT2D eigenvalue weighted by Crippen LogP contribution is 2.21. The molecule has 29 heavy (non-hydrogen) atoms. The van der Waals surface area contributed by atoms with Crippen molar-refractivity contribution in [1.82, 2.24) is 15.5 Å². The lowest BCUT2D eigenvalue weighted by molar-refractivity contribution is 0.110. The second-order valence-corrected chi connectivity index (χ2v) is 8.11. The summed E-state index contributed by atoms with van der Waals surface area (Å²) in [7, 11) is 4.21. The lowest BCUT2D eigenvalue weighted by Gasteiger charge is -2.29. The van der Waals surface area contributed by atoms with Crippen LogP contribution in [0.25, 0.3) is 0 Å². The molecule has 6 nitrogen and oxygen atoms in total. The zero-order valence-corrected chi connectivity index (χ0v) is 21.6. The van der Waals surface area contributed by atoms with Crippen molar-refractivity contribution in [1.29, 1.82) is 0 Å². The number of aryl methyl sites for hydroxylation is 1. The maximum absolute atomic E-state index is 5.93. The number of guanidine groups is 1. The monoisotopic (exact) mass is 520 g/mol. The fourth-order valence-electron chi connectivity index (χ4n) is 3.02. The zero-order chi connectivity index (χ0) is 21.0. The summed E-state index contributed by atoms with van der Waals surface area (Å²) in [5, 5.41) is 6.81. The minimum absolute atomic E-state index is 0. The molecule has 0 aliphatic rings. The zero-order valence-electron chi connectivity index (χ0n) is 19.3. The molecule has 0 aliphatic carbocycles. The summed E-state index contributed by atoms with van der Waals surface area (Å²) in [4.78, 5) is 6.98. The second-order valence-electron chi connectivity index (χ2n) is 8.11. The number of hydrogen-bond donors (Lipinski definition) is 2. The van der Waals surface area contributed by atoms with Gasteiger partial charge in [0.2, 0.25) is 0 Å². The van der Waals surface area contributed by atoms with E-state index >= 15 is 0 Å². The van der Waals surface area contributed by atoms with Gasteiger partial charge < -0.3 is 25.0 Å². The van der Waals surface area contributed by atoms with Gasteiger partial charge in [0.25, 0.3) is 0 Å². The molecule has 0 aromatic heterocycles. The molecule has 0 fully saturated rings. The van der Waals surface area contributed by atoms with E-state index in [1.807, 2.05) is 6.92 Å². The maximum atomic E-state index is 5.93. The number of ether oxygens (including phenoxy) is 2. The van der Waals surface area contributed by atoms with Crippen molar-refractivity contribution >= 4 is 29.9 Å².